The van der Waals surface area contributed by atoms with Crippen LogP contribution in [0.5, 0.6) is 0 Å². The minimum absolute atomic E-state index is 0.0598. The number of esters is 2. The fourth-order valence-electron chi connectivity index (χ4n) is 2.19. The van der Waals surface area contributed by atoms with E-state index in [4.69, 9.17) is 16.3 Å². The molecule has 142 valence electrons. The standard InChI is InChI=1S/C19H17ClFNO5/c1-22(10-14-15(20)4-3-5-16(14)21)17(23)11-27-19(25)13-8-6-12(7-9-13)18(24)26-2/h3-9H,10-11H2,1-2H3. The fraction of sp³-hybridized carbons (Fsp3) is 0.211. The van der Waals surface area contributed by atoms with Gasteiger partial charge >= 0.3 is 11.9 Å². The number of nitrogens with zero attached hydrogens (tertiary/aromatic N) is 1. The second-order valence-corrected chi connectivity index (χ2v) is 6.00. The third-order valence-corrected chi connectivity index (χ3v) is 4.11. The highest BCUT2D eigenvalue weighted by molar-refractivity contribution is 6.31. The average Bonchev–Trinajstić information content (AvgIpc) is 2.68. The number of carbonyl (C=O) groups is 3. The lowest BCUT2D eigenvalue weighted by molar-refractivity contribution is -0.133. The van der Waals surface area contributed by atoms with Crippen molar-refractivity contribution in [2.75, 3.05) is 20.8 Å². The highest BCUT2D eigenvalue weighted by atomic mass is 35.5. The lowest BCUT2D eigenvalue weighted by atomic mass is 10.1. The Kier molecular flexibility index (Phi) is 6.90. The predicted octanol–water partition coefficient (Wildman–Crippen LogP) is 3.08. The highest BCUT2D eigenvalue weighted by Crippen LogP contribution is 2.20. The number of rotatable bonds is 6. The first-order chi connectivity index (χ1) is 12.8. The van der Waals surface area contributed by atoms with Crippen molar-refractivity contribution in [3.05, 3.63) is 70.0 Å². The van der Waals surface area contributed by atoms with Crippen LogP contribution in [0.15, 0.2) is 42.5 Å². The van der Waals surface area contributed by atoms with Crippen LogP contribution in [-0.2, 0) is 20.8 Å². The molecule has 0 unspecified atom stereocenters. The van der Waals surface area contributed by atoms with Crippen molar-refractivity contribution in [2.45, 2.75) is 6.54 Å². The summed E-state index contributed by atoms with van der Waals surface area (Å²) in [6, 6.07) is 9.85. The van der Waals surface area contributed by atoms with Crippen molar-refractivity contribution in [1.82, 2.24) is 4.90 Å². The Balaban J connectivity index is 1.92. The number of hydrogen-bond donors (Lipinski definition) is 0. The number of carbonyl (C=O) groups excluding carboxylic acids is 3. The lowest BCUT2D eigenvalue weighted by Crippen LogP contribution is -2.31. The smallest absolute Gasteiger partial charge is 0.338 e. The zero-order valence-electron chi connectivity index (χ0n) is 14.7. The summed E-state index contributed by atoms with van der Waals surface area (Å²) in [5, 5.41) is 0.206. The minimum Gasteiger partial charge on any atom is -0.465 e. The van der Waals surface area contributed by atoms with E-state index in [1.165, 1.54) is 61.5 Å². The maximum atomic E-state index is 13.8. The van der Waals surface area contributed by atoms with Crippen LogP contribution in [0.4, 0.5) is 4.39 Å². The van der Waals surface area contributed by atoms with Crippen molar-refractivity contribution in [3.63, 3.8) is 0 Å². The van der Waals surface area contributed by atoms with Crippen LogP contribution < -0.4 is 0 Å². The summed E-state index contributed by atoms with van der Waals surface area (Å²) in [6.07, 6.45) is 0. The highest BCUT2D eigenvalue weighted by Gasteiger charge is 2.17. The zero-order valence-corrected chi connectivity index (χ0v) is 15.5. The molecule has 2 rings (SSSR count). The van der Waals surface area contributed by atoms with Crippen LogP contribution in [-0.4, -0.2) is 43.5 Å². The lowest BCUT2D eigenvalue weighted by Gasteiger charge is -2.18. The van der Waals surface area contributed by atoms with E-state index in [2.05, 4.69) is 4.74 Å². The Morgan fingerprint density at radius 3 is 2.19 bits per heavy atom. The van der Waals surface area contributed by atoms with Gasteiger partial charge in [0.05, 0.1) is 18.2 Å². The van der Waals surface area contributed by atoms with Crippen LogP contribution in [0, 0.1) is 5.82 Å². The third kappa shape index (κ3) is 5.27. The molecule has 0 aliphatic carbocycles. The fourth-order valence-corrected chi connectivity index (χ4v) is 2.41. The van der Waals surface area contributed by atoms with Crippen molar-refractivity contribution in [1.29, 1.82) is 0 Å². The van der Waals surface area contributed by atoms with E-state index in [0.29, 0.717) is 0 Å². The summed E-state index contributed by atoms with van der Waals surface area (Å²) >= 11 is 5.94. The summed E-state index contributed by atoms with van der Waals surface area (Å²) in [6.45, 7) is -0.574. The van der Waals surface area contributed by atoms with E-state index in [1.807, 2.05) is 0 Å². The van der Waals surface area contributed by atoms with Gasteiger partial charge in [-0.05, 0) is 36.4 Å². The molecule has 6 nitrogen and oxygen atoms in total. The van der Waals surface area contributed by atoms with Crippen molar-refractivity contribution in [2.24, 2.45) is 0 Å². The second kappa shape index (κ2) is 9.14. The van der Waals surface area contributed by atoms with Gasteiger partial charge in [0.1, 0.15) is 5.82 Å². The Hall–Kier alpha value is -2.93. The summed E-state index contributed by atoms with van der Waals surface area (Å²) in [5.41, 5.74) is 0.640. The Bertz CT molecular complexity index is 833. The summed E-state index contributed by atoms with van der Waals surface area (Å²) in [7, 11) is 2.70. The van der Waals surface area contributed by atoms with E-state index >= 15 is 0 Å². The molecule has 0 atom stereocenters. The van der Waals surface area contributed by atoms with E-state index in [-0.39, 0.29) is 28.3 Å². The van der Waals surface area contributed by atoms with Crippen LogP contribution in [0.1, 0.15) is 26.3 Å². The first-order valence-corrected chi connectivity index (χ1v) is 8.23. The van der Waals surface area contributed by atoms with Gasteiger partial charge in [-0.15, -0.1) is 0 Å². The number of halogens is 2. The molecule has 0 fully saturated rings. The predicted molar refractivity (Wildman–Crippen MR) is 95.9 cm³/mol. The third-order valence-electron chi connectivity index (χ3n) is 3.75. The Morgan fingerprint density at radius 2 is 1.63 bits per heavy atom. The molecule has 2 aromatic carbocycles. The van der Waals surface area contributed by atoms with Gasteiger partial charge in [-0.1, -0.05) is 17.7 Å². The van der Waals surface area contributed by atoms with Gasteiger partial charge in [0.2, 0.25) is 0 Å². The van der Waals surface area contributed by atoms with Gasteiger partial charge in [0.25, 0.3) is 5.91 Å². The zero-order chi connectivity index (χ0) is 20.0. The average molecular weight is 394 g/mol. The number of benzene rings is 2. The molecule has 0 aliphatic heterocycles. The number of ether oxygens (including phenoxy) is 2. The first kappa shape index (κ1) is 20.4. The van der Waals surface area contributed by atoms with Gasteiger partial charge in [0.15, 0.2) is 6.61 Å². The number of amides is 1. The second-order valence-electron chi connectivity index (χ2n) is 5.60. The SMILES string of the molecule is COC(=O)c1ccc(C(=O)OCC(=O)N(C)Cc2c(F)cccc2Cl)cc1. The molecule has 8 heteroatoms. The minimum atomic E-state index is -0.725. The van der Waals surface area contributed by atoms with Gasteiger partial charge in [-0.3, -0.25) is 4.79 Å². The van der Waals surface area contributed by atoms with Crippen LogP contribution >= 0.6 is 11.6 Å². The molecule has 1 amide bonds. The van der Waals surface area contributed by atoms with E-state index in [0.717, 1.165) is 0 Å². The molecule has 0 bridgehead atoms. The maximum absolute atomic E-state index is 13.8. The normalized spacial score (nSPS) is 10.2. The van der Waals surface area contributed by atoms with E-state index < -0.39 is 30.3 Å². The molecule has 27 heavy (non-hydrogen) atoms. The Morgan fingerprint density at radius 1 is 1.04 bits per heavy atom. The first-order valence-electron chi connectivity index (χ1n) is 7.86. The largest absolute Gasteiger partial charge is 0.465 e. The van der Waals surface area contributed by atoms with E-state index in [1.54, 1.807) is 0 Å². The molecule has 0 radical (unpaired) electrons. The molecule has 0 saturated carbocycles. The summed E-state index contributed by atoms with van der Waals surface area (Å²) in [5.74, 6) is -2.30. The van der Waals surface area contributed by atoms with Gasteiger partial charge in [-0.25, -0.2) is 14.0 Å². The van der Waals surface area contributed by atoms with Crippen molar-refractivity contribution < 1.29 is 28.2 Å². The van der Waals surface area contributed by atoms with Crippen LogP contribution in [0.3, 0.4) is 0 Å². The Labute approximate surface area is 160 Å². The van der Waals surface area contributed by atoms with Crippen molar-refractivity contribution >= 4 is 29.4 Å². The van der Waals surface area contributed by atoms with E-state index in [9.17, 15) is 18.8 Å². The number of likely N-dealkylation sites (N-methyl/N-ethyl adjacent to an activating group) is 1. The van der Waals surface area contributed by atoms with Crippen molar-refractivity contribution in [3.8, 4) is 0 Å². The van der Waals surface area contributed by atoms with Crippen LogP contribution in [0.2, 0.25) is 5.02 Å². The maximum Gasteiger partial charge on any atom is 0.338 e. The number of hydrogen-bond acceptors (Lipinski definition) is 5. The van der Waals surface area contributed by atoms with Gasteiger partial charge in [0, 0.05) is 24.2 Å². The monoisotopic (exact) mass is 393 g/mol. The topological polar surface area (TPSA) is 72.9 Å². The summed E-state index contributed by atoms with van der Waals surface area (Å²) in [4.78, 5) is 36.7. The molecule has 0 aliphatic rings. The molecule has 0 heterocycles. The number of methoxy groups -OCH3 is 1. The molecule has 0 N–H and O–H groups in total. The quantitative estimate of drug-likeness (QED) is 0.705. The molecule has 0 aromatic heterocycles. The van der Waals surface area contributed by atoms with Crippen LogP contribution in [0.25, 0.3) is 0 Å². The molecule has 0 saturated heterocycles. The molecular formula is C19H17ClFNO5. The van der Waals surface area contributed by atoms with Gasteiger partial charge < -0.3 is 14.4 Å². The summed E-state index contributed by atoms with van der Waals surface area (Å²) < 4.78 is 23.3. The molecule has 2 aromatic rings. The van der Waals surface area contributed by atoms with Gasteiger partial charge in [-0.2, -0.15) is 0 Å². The molecular weight excluding hydrogens is 377 g/mol. The molecule has 0 spiro atoms.